The smallest absolute Gasteiger partial charge is 1.00 e. The summed E-state index contributed by atoms with van der Waals surface area (Å²) >= 11 is 28.3. The maximum absolute atomic E-state index is 12.4. The van der Waals surface area contributed by atoms with Crippen LogP contribution in [-0.4, -0.2) is 16.7 Å². The first kappa shape index (κ1) is 65.1. The van der Waals surface area contributed by atoms with Crippen LogP contribution >= 0.6 is 82.6 Å². The largest absolute Gasteiger partial charge is 1.00 e. The van der Waals surface area contributed by atoms with Crippen LogP contribution in [0.3, 0.4) is 0 Å². The Kier molecular flexibility index (Phi) is 26.4. The Morgan fingerprint density at radius 3 is 1.01 bits per heavy atom. The quantitative estimate of drug-likeness (QED) is 0.0641. The number of ether oxygens (including phenoxy) is 2. The summed E-state index contributed by atoms with van der Waals surface area (Å²) in [5.74, 6) is 2.84. The van der Waals surface area contributed by atoms with Gasteiger partial charge in [0.2, 0.25) is 0 Å². The Morgan fingerprint density at radius 1 is 0.405 bits per heavy atom. The fraction of sp³-hybridized carbons (Fsp3) is 0. The topological polar surface area (TPSA) is 108 Å². The number of fused-ring (bicyclic) bond motifs is 2. The van der Waals surface area contributed by atoms with Gasteiger partial charge >= 0.3 is 138 Å². The molecular formula is C63H41Br3Cl3Cs2FO7. The number of rotatable bonds is 9. The van der Waals surface area contributed by atoms with Crippen LogP contribution in [-0.2, 0) is 9.68 Å². The van der Waals surface area contributed by atoms with Crippen LogP contribution in [0.15, 0.2) is 238 Å². The molecule has 0 saturated carbocycles. The molecule has 11 rings (SSSR count). The van der Waals surface area contributed by atoms with Gasteiger partial charge in [-0.15, -0.1) is 0 Å². The Hall–Kier alpha value is -3.09. The van der Waals surface area contributed by atoms with E-state index >= 15 is 0 Å². The number of aromatic hydroxyl groups is 2. The van der Waals surface area contributed by atoms with Crippen molar-refractivity contribution in [2.75, 3.05) is 0 Å². The number of carbonyl (C=O) groups is 1. The van der Waals surface area contributed by atoms with E-state index in [-0.39, 0.29) is 163 Å². The molecule has 386 valence electrons. The predicted molar refractivity (Wildman–Crippen MR) is 319 cm³/mol. The van der Waals surface area contributed by atoms with Gasteiger partial charge in [0.15, 0.2) is 0 Å². The molecule has 11 aromatic carbocycles. The third-order valence-electron chi connectivity index (χ3n) is 11.7. The zero-order chi connectivity index (χ0) is 54.4. The average molecular weight is 1540 g/mol. The maximum Gasteiger partial charge on any atom is 1.00 e. The summed E-state index contributed by atoms with van der Waals surface area (Å²) < 4.78 is 27.5. The number of hydrogen-bond acceptors (Lipinski definition) is 7. The van der Waals surface area contributed by atoms with Gasteiger partial charge in [0.25, 0.3) is 6.47 Å². The number of phenolic OH excluding ortho intramolecular Hbond substituents is 2. The molecule has 7 nitrogen and oxygen atoms in total. The van der Waals surface area contributed by atoms with Gasteiger partial charge < -0.3 is 31.3 Å². The van der Waals surface area contributed by atoms with Gasteiger partial charge in [-0.3, -0.25) is 4.79 Å². The van der Waals surface area contributed by atoms with Crippen LogP contribution in [0.1, 0.15) is 1.43 Å². The third-order valence-corrected chi connectivity index (χ3v) is 14.3. The molecule has 0 unspecified atom stereocenters. The van der Waals surface area contributed by atoms with Crippen LogP contribution in [0.2, 0.25) is 15.1 Å². The summed E-state index contributed by atoms with van der Waals surface area (Å²) in [6.45, 7) is -0.181. The molecule has 0 atom stereocenters. The van der Waals surface area contributed by atoms with E-state index in [0.29, 0.717) is 42.5 Å². The molecule has 0 aromatic heterocycles. The Balaban J connectivity index is 0.000000248. The van der Waals surface area contributed by atoms with Crippen LogP contribution in [0.5, 0.6) is 34.5 Å². The predicted octanol–water partition coefficient (Wildman–Crippen LogP) is 14.0. The molecule has 79 heavy (non-hydrogen) atoms. The Bertz CT molecular complexity index is 3620. The van der Waals surface area contributed by atoms with Crippen LogP contribution in [0.25, 0.3) is 66.1 Å². The Morgan fingerprint density at radius 2 is 0.696 bits per heavy atom. The van der Waals surface area contributed by atoms with Crippen molar-refractivity contribution in [1.29, 1.82) is 0 Å². The zero-order valence-corrected chi connectivity index (χ0v) is 61.6. The van der Waals surface area contributed by atoms with Crippen molar-refractivity contribution in [2.45, 2.75) is 0 Å². The fourth-order valence-corrected chi connectivity index (χ4v) is 9.74. The van der Waals surface area contributed by atoms with E-state index in [1.54, 1.807) is 36.4 Å². The van der Waals surface area contributed by atoms with E-state index in [0.717, 1.165) is 75.0 Å². The molecule has 0 bridgehead atoms. The van der Waals surface area contributed by atoms with E-state index in [2.05, 4.69) is 89.1 Å². The van der Waals surface area contributed by atoms with E-state index < -0.39 is 0 Å². The number of halogens is 7. The van der Waals surface area contributed by atoms with E-state index in [9.17, 15) is 14.6 Å². The molecule has 0 aliphatic carbocycles. The second kappa shape index (κ2) is 32.1. The molecule has 0 spiro atoms. The summed E-state index contributed by atoms with van der Waals surface area (Å²) in [6, 6.07) is 70.8. The molecule has 16 heteroatoms. The molecule has 0 aliphatic heterocycles. The molecule has 0 saturated heterocycles. The van der Waals surface area contributed by atoms with Crippen molar-refractivity contribution in [3.63, 3.8) is 0 Å². The first-order valence-corrected chi connectivity index (χ1v) is 26.7. The van der Waals surface area contributed by atoms with E-state index in [1.807, 2.05) is 146 Å². The molecule has 11 aromatic rings. The minimum Gasteiger partial charge on any atom is -1.00 e. The molecule has 0 amide bonds. The van der Waals surface area contributed by atoms with Crippen molar-refractivity contribution >= 4 is 111 Å². The van der Waals surface area contributed by atoms with Crippen molar-refractivity contribution in [2.24, 2.45) is 0 Å². The van der Waals surface area contributed by atoms with Gasteiger partial charge in [0.1, 0.15) is 40.3 Å². The van der Waals surface area contributed by atoms with Crippen molar-refractivity contribution in [3.8, 4) is 79.0 Å². The van der Waals surface area contributed by atoms with Gasteiger partial charge in [-0.25, -0.2) is 4.39 Å². The van der Waals surface area contributed by atoms with Gasteiger partial charge in [0.05, 0.1) is 13.4 Å². The third kappa shape index (κ3) is 17.0. The SMILES string of the molecule is Clc1ccc(Br)c(Oc2ccc3c(-c4ccccc4)c(Oc4cc(Cl)ccc4Br)ccc3c2-c2ccccc2)c1.Fc1cc(Cl)ccc1Br.O=CO[O-].Oc1ccc2c(-c3ccccc3)c(O)ccc2c1-c1ccccc1.[Cs+].[Cs+].[H-]. The monoisotopic (exact) mass is 1540 g/mol. The van der Waals surface area contributed by atoms with E-state index in [4.69, 9.17) is 54.3 Å². The van der Waals surface area contributed by atoms with Gasteiger partial charge in [0, 0.05) is 49.5 Å². The second-order valence-corrected chi connectivity index (χ2v) is 20.4. The maximum atomic E-state index is 12.4. The first-order chi connectivity index (χ1) is 37.3. The molecule has 0 fully saturated rings. The summed E-state index contributed by atoms with van der Waals surface area (Å²) in [4.78, 5) is 11.2. The van der Waals surface area contributed by atoms with Gasteiger partial charge in [-0.2, -0.15) is 0 Å². The molecular weight excluding hydrogens is 1500 g/mol. The van der Waals surface area contributed by atoms with Crippen molar-refractivity contribution in [1.82, 2.24) is 0 Å². The number of phenols is 2. The molecule has 0 radical (unpaired) electrons. The average Bonchev–Trinajstić information content (AvgIpc) is 3.64. The zero-order valence-electron chi connectivity index (χ0n) is 43.0. The van der Waals surface area contributed by atoms with E-state index in [1.165, 1.54) is 6.07 Å². The Labute approximate surface area is 615 Å². The van der Waals surface area contributed by atoms with Crippen LogP contribution in [0.4, 0.5) is 4.39 Å². The first-order valence-electron chi connectivity index (χ1n) is 23.2. The normalized spacial score (nSPS) is 10.2. The standard InChI is InChI=1S/C34H20Br2Cl2O2.C22H16O2.C6H3BrClF.CH2O3.2Cs.H/c35-27-15-11-23(37)19-31(27)39-29-17-14-26-25(33(29)21-7-3-1-4-8-21)13-18-30(34(26)22-9-5-2-6-10-22)40-32-20-24(38)12-16-28(32)36;23-19-13-12-18-17(21(19)15-7-3-1-4-8-15)11-14-20(24)22(18)16-9-5-2-6-10-16;7-5-2-1-4(8)3-6(5)9;2-1-4-3;;;/h1-20H;1-14,23-24H;1-3H;1,3H;;;/q;;;;2*+1;-1/p-1. The summed E-state index contributed by atoms with van der Waals surface area (Å²) in [7, 11) is 0. The summed E-state index contributed by atoms with van der Waals surface area (Å²) in [5, 5.41) is 34.8. The van der Waals surface area contributed by atoms with Crippen LogP contribution in [0, 0.1) is 5.82 Å². The molecule has 2 N–H and O–H groups in total. The van der Waals surface area contributed by atoms with Crippen molar-refractivity contribution < 1.29 is 178 Å². The number of carbonyl (C=O) groups excluding carboxylic acids is 1. The van der Waals surface area contributed by atoms with Crippen molar-refractivity contribution in [3.05, 3.63) is 259 Å². The second-order valence-electron chi connectivity index (χ2n) is 16.6. The number of hydrogen-bond donors (Lipinski definition) is 2. The van der Waals surface area contributed by atoms with Gasteiger partial charge in [-0.05, 0) is 183 Å². The minimum absolute atomic E-state index is 0. The van der Waals surface area contributed by atoms with Crippen LogP contribution < -0.4 is 153 Å². The van der Waals surface area contributed by atoms with Gasteiger partial charge in [-0.1, -0.05) is 156 Å². The molecule has 0 aliphatic rings. The summed E-state index contributed by atoms with van der Waals surface area (Å²) in [6.07, 6.45) is 0. The summed E-state index contributed by atoms with van der Waals surface area (Å²) in [5.41, 5.74) is 7.47. The fourth-order valence-electron chi connectivity index (χ4n) is 8.36. The minimum atomic E-state index is -0.331. The molecule has 0 heterocycles. The number of benzene rings is 11.